The van der Waals surface area contributed by atoms with Gasteiger partial charge in [0, 0.05) is 24.8 Å². The molecule has 150 valence electrons. The fourth-order valence-electron chi connectivity index (χ4n) is 4.77. The molecule has 1 fully saturated rings. The molecule has 2 aliphatic rings. The number of hydrogen-bond donors (Lipinski definition) is 1. The molecule has 1 atom stereocenters. The third-order valence-corrected chi connectivity index (χ3v) is 6.30. The summed E-state index contributed by atoms with van der Waals surface area (Å²) in [6.45, 7) is 2.84. The highest BCUT2D eigenvalue weighted by Crippen LogP contribution is 2.26. The lowest BCUT2D eigenvalue weighted by molar-refractivity contribution is 0.0926. The molecule has 0 radical (unpaired) electrons. The van der Waals surface area contributed by atoms with Crippen molar-refractivity contribution < 1.29 is 4.79 Å². The van der Waals surface area contributed by atoms with Gasteiger partial charge in [-0.3, -0.25) is 14.4 Å². The summed E-state index contributed by atoms with van der Waals surface area (Å²) in [6, 6.07) is 10.8. The summed E-state index contributed by atoms with van der Waals surface area (Å²) in [5.41, 5.74) is 4.33. The SMILES string of the molecule is Cn1nc(C(=O)NC[C@H](c2ccccc2)N2CCCCCC2)c2c1CCCC2. The Hall–Kier alpha value is -2.14. The number of aromatic nitrogens is 2. The second-order valence-electron chi connectivity index (χ2n) is 8.19. The second-order valence-corrected chi connectivity index (χ2v) is 8.19. The van der Waals surface area contributed by atoms with E-state index in [1.54, 1.807) is 0 Å². The van der Waals surface area contributed by atoms with Crippen LogP contribution in [0.4, 0.5) is 0 Å². The highest BCUT2D eigenvalue weighted by molar-refractivity contribution is 5.94. The molecule has 2 aromatic rings. The molecule has 1 amide bonds. The first-order chi connectivity index (χ1) is 13.7. The Morgan fingerprint density at radius 2 is 1.75 bits per heavy atom. The number of nitrogens with zero attached hydrogens (tertiary/aromatic N) is 3. The van der Waals surface area contributed by atoms with Gasteiger partial charge in [-0.1, -0.05) is 43.2 Å². The van der Waals surface area contributed by atoms with Crippen LogP contribution in [0.2, 0.25) is 0 Å². The molecule has 0 spiro atoms. The van der Waals surface area contributed by atoms with Gasteiger partial charge in [0.1, 0.15) is 0 Å². The summed E-state index contributed by atoms with van der Waals surface area (Å²) >= 11 is 0. The molecule has 4 rings (SSSR count). The first kappa shape index (κ1) is 19.2. The molecule has 1 saturated heterocycles. The van der Waals surface area contributed by atoms with E-state index >= 15 is 0 Å². The van der Waals surface area contributed by atoms with Gasteiger partial charge < -0.3 is 5.32 Å². The maximum atomic E-state index is 13.0. The Labute approximate surface area is 168 Å². The van der Waals surface area contributed by atoms with Crippen LogP contribution in [0, 0.1) is 0 Å². The van der Waals surface area contributed by atoms with Crippen LogP contribution in [0.1, 0.15) is 71.9 Å². The average Bonchev–Trinajstić information content (AvgIpc) is 2.90. The highest BCUT2D eigenvalue weighted by Gasteiger charge is 2.26. The Morgan fingerprint density at radius 1 is 1.04 bits per heavy atom. The number of fused-ring (bicyclic) bond motifs is 1. The van der Waals surface area contributed by atoms with Crippen molar-refractivity contribution in [2.45, 2.75) is 57.4 Å². The molecule has 2 heterocycles. The highest BCUT2D eigenvalue weighted by atomic mass is 16.2. The van der Waals surface area contributed by atoms with E-state index < -0.39 is 0 Å². The fourth-order valence-corrected chi connectivity index (χ4v) is 4.77. The fraction of sp³-hybridized carbons (Fsp3) is 0.565. The number of amides is 1. The predicted molar refractivity (Wildman–Crippen MR) is 111 cm³/mol. The van der Waals surface area contributed by atoms with Crippen LogP contribution in [-0.4, -0.2) is 40.2 Å². The van der Waals surface area contributed by atoms with Gasteiger partial charge in [-0.05, 0) is 57.2 Å². The van der Waals surface area contributed by atoms with Crippen molar-refractivity contribution in [2.24, 2.45) is 7.05 Å². The van der Waals surface area contributed by atoms with E-state index in [-0.39, 0.29) is 11.9 Å². The average molecular weight is 381 g/mol. The summed E-state index contributed by atoms with van der Waals surface area (Å²) < 4.78 is 1.91. The minimum Gasteiger partial charge on any atom is -0.349 e. The molecule has 28 heavy (non-hydrogen) atoms. The number of hydrogen-bond acceptors (Lipinski definition) is 3. The van der Waals surface area contributed by atoms with Crippen LogP contribution in [0.15, 0.2) is 30.3 Å². The molecule has 1 aromatic carbocycles. The lowest BCUT2D eigenvalue weighted by atomic mass is 9.95. The molecule has 1 N–H and O–H groups in total. The zero-order valence-corrected chi connectivity index (χ0v) is 17.0. The summed E-state index contributed by atoms with van der Waals surface area (Å²) in [5, 5.41) is 7.78. The Bertz CT molecular complexity index is 790. The predicted octanol–water partition coefficient (Wildman–Crippen LogP) is 3.65. The van der Waals surface area contributed by atoms with E-state index in [2.05, 4.69) is 45.6 Å². The number of benzene rings is 1. The van der Waals surface area contributed by atoms with Crippen LogP contribution in [0.25, 0.3) is 0 Å². The van der Waals surface area contributed by atoms with Crippen molar-refractivity contribution in [1.29, 1.82) is 0 Å². The lowest BCUT2D eigenvalue weighted by Crippen LogP contribution is -2.39. The molecule has 0 unspecified atom stereocenters. The maximum absolute atomic E-state index is 13.0. The van der Waals surface area contributed by atoms with Crippen molar-refractivity contribution in [1.82, 2.24) is 20.0 Å². The molecular weight excluding hydrogens is 348 g/mol. The summed E-state index contributed by atoms with van der Waals surface area (Å²) in [4.78, 5) is 15.6. The third kappa shape index (κ3) is 4.14. The number of carbonyl (C=O) groups is 1. The van der Waals surface area contributed by atoms with Gasteiger partial charge in [-0.25, -0.2) is 0 Å². The van der Waals surface area contributed by atoms with Crippen molar-refractivity contribution in [3.05, 3.63) is 52.8 Å². The van der Waals surface area contributed by atoms with E-state index in [1.165, 1.54) is 43.4 Å². The molecule has 1 aliphatic heterocycles. The summed E-state index contributed by atoms with van der Waals surface area (Å²) in [7, 11) is 1.96. The first-order valence-corrected chi connectivity index (χ1v) is 10.9. The van der Waals surface area contributed by atoms with E-state index in [9.17, 15) is 4.79 Å². The second kappa shape index (κ2) is 8.91. The van der Waals surface area contributed by atoms with Crippen LogP contribution in [0.5, 0.6) is 0 Å². The minimum absolute atomic E-state index is 0.0190. The van der Waals surface area contributed by atoms with Crippen molar-refractivity contribution >= 4 is 5.91 Å². The van der Waals surface area contributed by atoms with Crippen molar-refractivity contribution in [2.75, 3.05) is 19.6 Å². The normalized spacial score (nSPS) is 18.9. The number of likely N-dealkylation sites (tertiary alicyclic amines) is 1. The van der Waals surface area contributed by atoms with Crippen LogP contribution in [-0.2, 0) is 19.9 Å². The minimum atomic E-state index is -0.0190. The standard InChI is InChI=1S/C23H32N4O/c1-26-20-14-8-7-13-19(20)22(25-26)23(28)24-17-21(18-11-5-4-6-12-18)27-15-9-2-3-10-16-27/h4-6,11-12,21H,2-3,7-10,13-17H2,1H3,(H,24,28)/t21-/m1/s1. The Morgan fingerprint density at radius 3 is 2.50 bits per heavy atom. The van der Waals surface area contributed by atoms with Gasteiger partial charge in [-0.2, -0.15) is 5.10 Å². The monoisotopic (exact) mass is 380 g/mol. The number of aryl methyl sites for hydroxylation is 1. The lowest BCUT2D eigenvalue weighted by Gasteiger charge is -2.31. The number of rotatable bonds is 5. The number of carbonyl (C=O) groups excluding carboxylic acids is 1. The Kier molecular flexibility index (Phi) is 6.10. The van der Waals surface area contributed by atoms with E-state index in [0.29, 0.717) is 12.2 Å². The first-order valence-electron chi connectivity index (χ1n) is 10.9. The Balaban J connectivity index is 1.50. The van der Waals surface area contributed by atoms with Crippen LogP contribution < -0.4 is 5.32 Å². The van der Waals surface area contributed by atoms with E-state index in [4.69, 9.17) is 0 Å². The third-order valence-electron chi connectivity index (χ3n) is 6.30. The zero-order chi connectivity index (χ0) is 19.3. The van der Waals surface area contributed by atoms with Crippen molar-refractivity contribution in [3.8, 4) is 0 Å². The molecule has 0 bridgehead atoms. The van der Waals surface area contributed by atoms with Crippen LogP contribution in [0.3, 0.4) is 0 Å². The van der Waals surface area contributed by atoms with Gasteiger partial charge in [0.2, 0.25) is 0 Å². The maximum Gasteiger partial charge on any atom is 0.272 e. The molecule has 1 aromatic heterocycles. The molecule has 5 nitrogen and oxygen atoms in total. The van der Waals surface area contributed by atoms with Gasteiger partial charge in [-0.15, -0.1) is 0 Å². The molecule has 0 saturated carbocycles. The van der Waals surface area contributed by atoms with E-state index in [0.717, 1.165) is 37.9 Å². The van der Waals surface area contributed by atoms with E-state index in [1.807, 2.05) is 11.7 Å². The summed E-state index contributed by atoms with van der Waals surface area (Å²) in [5.74, 6) is -0.0190. The smallest absolute Gasteiger partial charge is 0.272 e. The zero-order valence-electron chi connectivity index (χ0n) is 17.0. The molecule has 5 heteroatoms. The number of nitrogens with one attached hydrogen (secondary N) is 1. The quantitative estimate of drug-likeness (QED) is 0.861. The van der Waals surface area contributed by atoms with Gasteiger partial charge >= 0.3 is 0 Å². The van der Waals surface area contributed by atoms with Gasteiger partial charge in [0.05, 0.1) is 6.04 Å². The molecule has 1 aliphatic carbocycles. The van der Waals surface area contributed by atoms with Crippen LogP contribution >= 0.6 is 0 Å². The van der Waals surface area contributed by atoms with Crippen molar-refractivity contribution in [3.63, 3.8) is 0 Å². The van der Waals surface area contributed by atoms with Gasteiger partial charge in [0.25, 0.3) is 5.91 Å². The topological polar surface area (TPSA) is 50.2 Å². The largest absolute Gasteiger partial charge is 0.349 e. The van der Waals surface area contributed by atoms with Gasteiger partial charge in [0.15, 0.2) is 5.69 Å². The molecular formula is C23H32N4O. The summed E-state index contributed by atoms with van der Waals surface area (Å²) in [6.07, 6.45) is 9.45.